The average Bonchev–Trinajstić information content (AvgIpc) is 3.03. The van der Waals surface area contributed by atoms with E-state index in [1.165, 1.54) is 0 Å². The second-order valence-corrected chi connectivity index (χ2v) is 10.6. The van der Waals surface area contributed by atoms with E-state index < -0.39 is 7.12 Å². The molecule has 26 heavy (non-hydrogen) atoms. The second kappa shape index (κ2) is 5.98. The first kappa shape index (κ1) is 20.2. The van der Waals surface area contributed by atoms with Gasteiger partial charge >= 0.3 is 14.2 Å². The maximum absolute atomic E-state index is 6.28. The molecular weight excluding hydrogens is 348 g/mol. The van der Waals surface area contributed by atoms with Gasteiger partial charge < -0.3 is 23.5 Å². The van der Waals surface area contributed by atoms with Crippen LogP contribution in [0.4, 0.5) is 5.69 Å². The van der Waals surface area contributed by atoms with E-state index in [0.717, 1.165) is 15.2 Å². The maximum atomic E-state index is 6.28. The van der Waals surface area contributed by atoms with Gasteiger partial charge in [0.2, 0.25) is 0 Å². The summed E-state index contributed by atoms with van der Waals surface area (Å²) in [7, 11) is 3.30. The Bertz CT molecular complexity index is 667. The molecule has 2 saturated heterocycles. The van der Waals surface area contributed by atoms with Crippen molar-refractivity contribution < 1.29 is 18.6 Å². The summed E-state index contributed by atoms with van der Waals surface area (Å²) < 4.78 is 27.1. The van der Waals surface area contributed by atoms with Gasteiger partial charge in [0.05, 0.1) is 27.2 Å². The summed E-state index contributed by atoms with van der Waals surface area (Å²) in [6, 6.07) is 2.13. The molecule has 0 amide bonds. The minimum atomic E-state index is -0.390. The van der Waals surface area contributed by atoms with Gasteiger partial charge in [0.1, 0.15) is 0 Å². The highest BCUT2D eigenvalue weighted by atomic mass is 32.1. The van der Waals surface area contributed by atoms with Crippen LogP contribution < -0.4 is 14.5 Å². The van der Waals surface area contributed by atoms with Crippen molar-refractivity contribution in [1.29, 1.82) is 0 Å². The molecule has 0 N–H and O–H groups in total. The largest absolute Gasteiger partial charge is 0.507 e. The highest BCUT2D eigenvalue weighted by molar-refractivity contribution is 7.31. The van der Waals surface area contributed by atoms with Gasteiger partial charge in [0.15, 0.2) is 0 Å². The molecule has 0 atom stereocenters. The standard InChI is InChI=1S/C18H31B2NO4S/c1-15(2)16(3,4)23-19(22-15)13-11-12(21(9)10)14(26-13)20-24-17(5,6)18(7,8)25-20/h11H,1-10H3. The molecule has 0 aliphatic carbocycles. The number of hydrogen-bond donors (Lipinski definition) is 0. The summed E-state index contributed by atoms with van der Waals surface area (Å²) in [5.41, 5.74) is -0.362. The van der Waals surface area contributed by atoms with Gasteiger partial charge in [-0.3, -0.25) is 0 Å². The third-order valence-corrected chi connectivity index (χ3v) is 7.36. The zero-order chi connectivity index (χ0) is 19.7. The first-order valence-electron chi connectivity index (χ1n) is 9.19. The fourth-order valence-corrected chi connectivity index (χ4v) is 4.11. The van der Waals surface area contributed by atoms with E-state index in [1.54, 1.807) is 11.3 Å². The Labute approximate surface area is 162 Å². The maximum Gasteiger partial charge on any atom is 0.507 e. The zero-order valence-corrected chi connectivity index (χ0v) is 18.5. The molecule has 1 aromatic heterocycles. The van der Waals surface area contributed by atoms with E-state index in [1.807, 2.05) is 14.1 Å². The molecule has 2 aliphatic rings. The summed E-state index contributed by atoms with van der Waals surface area (Å²) in [4.78, 5) is 2.09. The van der Waals surface area contributed by atoms with Crippen LogP contribution in [0.15, 0.2) is 6.07 Å². The molecule has 0 spiro atoms. The highest BCUT2D eigenvalue weighted by Gasteiger charge is 2.55. The van der Waals surface area contributed by atoms with Gasteiger partial charge in [0.25, 0.3) is 0 Å². The fraction of sp³-hybridized carbons (Fsp3) is 0.778. The molecule has 3 rings (SSSR count). The van der Waals surface area contributed by atoms with Crippen molar-refractivity contribution in [2.45, 2.75) is 77.8 Å². The van der Waals surface area contributed by atoms with Crippen LogP contribution in [-0.2, 0) is 18.6 Å². The SMILES string of the molecule is CN(C)c1cc(B2OC(C)(C)C(C)(C)O2)sc1B1OC(C)(C)C(C)(C)O1. The van der Waals surface area contributed by atoms with Crippen LogP contribution in [-0.4, -0.2) is 50.7 Å². The fourth-order valence-electron chi connectivity index (χ4n) is 2.96. The Morgan fingerprint density at radius 1 is 0.731 bits per heavy atom. The lowest BCUT2D eigenvalue weighted by molar-refractivity contribution is 0.00578. The van der Waals surface area contributed by atoms with Crippen LogP contribution in [0.5, 0.6) is 0 Å². The lowest BCUT2D eigenvalue weighted by atomic mass is 9.84. The summed E-state index contributed by atoms with van der Waals surface area (Å²) in [5, 5.41) is 0. The van der Waals surface area contributed by atoms with E-state index in [2.05, 4.69) is 66.4 Å². The van der Waals surface area contributed by atoms with Crippen molar-refractivity contribution in [2.75, 3.05) is 19.0 Å². The summed E-state index contributed by atoms with van der Waals surface area (Å²) in [6.07, 6.45) is 0. The average molecular weight is 379 g/mol. The Kier molecular flexibility index (Phi) is 4.65. The lowest BCUT2D eigenvalue weighted by Gasteiger charge is -2.32. The number of thiophene rings is 1. The minimum Gasteiger partial charge on any atom is -0.399 e. The molecule has 8 heteroatoms. The van der Waals surface area contributed by atoms with Gasteiger partial charge in [-0.1, -0.05) is 0 Å². The van der Waals surface area contributed by atoms with Crippen molar-refractivity contribution in [1.82, 2.24) is 0 Å². The second-order valence-electron chi connectivity index (χ2n) is 9.47. The van der Waals surface area contributed by atoms with E-state index in [4.69, 9.17) is 18.6 Å². The molecule has 0 unspecified atom stereocenters. The summed E-state index contributed by atoms with van der Waals surface area (Å²) in [6.45, 7) is 16.6. The molecule has 5 nitrogen and oxygen atoms in total. The summed E-state index contributed by atoms with van der Waals surface area (Å²) in [5.74, 6) is 0. The number of rotatable bonds is 3. The van der Waals surface area contributed by atoms with E-state index >= 15 is 0 Å². The third kappa shape index (κ3) is 3.14. The molecular formula is C18H31B2NO4S. The lowest BCUT2D eigenvalue weighted by Crippen LogP contribution is -2.41. The Morgan fingerprint density at radius 2 is 1.12 bits per heavy atom. The van der Waals surface area contributed by atoms with E-state index in [9.17, 15) is 0 Å². The molecule has 2 aliphatic heterocycles. The Balaban J connectivity index is 1.94. The first-order valence-corrected chi connectivity index (χ1v) is 10.0. The van der Waals surface area contributed by atoms with Crippen molar-refractivity contribution in [3.05, 3.63) is 6.07 Å². The number of nitrogens with zero attached hydrogens (tertiary/aromatic N) is 1. The normalized spacial score (nSPS) is 25.8. The molecule has 0 bridgehead atoms. The molecule has 1 aromatic rings. The predicted molar refractivity (Wildman–Crippen MR) is 110 cm³/mol. The Hall–Kier alpha value is -0.530. The van der Waals surface area contributed by atoms with Crippen LogP contribution in [0, 0.1) is 0 Å². The first-order chi connectivity index (χ1) is 11.7. The molecule has 0 aromatic carbocycles. The highest BCUT2D eigenvalue weighted by Crippen LogP contribution is 2.39. The van der Waals surface area contributed by atoms with Gasteiger partial charge in [-0.2, -0.15) is 11.3 Å². The van der Waals surface area contributed by atoms with Gasteiger partial charge in [0, 0.05) is 24.6 Å². The smallest absolute Gasteiger partial charge is 0.399 e. The van der Waals surface area contributed by atoms with Crippen molar-refractivity contribution in [3.8, 4) is 0 Å². The van der Waals surface area contributed by atoms with Crippen LogP contribution in [0.2, 0.25) is 0 Å². The molecule has 0 radical (unpaired) electrons. The number of anilines is 1. The zero-order valence-electron chi connectivity index (χ0n) is 17.7. The monoisotopic (exact) mass is 379 g/mol. The molecule has 2 fully saturated rings. The van der Waals surface area contributed by atoms with Crippen LogP contribution in [0.1, 0.15) is 55.4 Å². The minimum absolute atomic E-state index is 0.357. The predicted octanol–water partition coefficient (Wildman–Crippen LogP) is 2.41. The van der Waals surface area contributed by atoms with Crippen molar-refractivity contribution in [2.24, 2.45) is 0 Å². The molecule has 3 heterocycles. The summed E-state index contributed by atoms with van der Waals surface area (Å²) >= 11 is 1.64. The van der Waals surface area contributed by atoms with Crippen molar-refractivity contribution in [3.63, 3.8) is 0 Å². The third-order valence-electron chi connectivity index (χ3n) is 6.19. The van der Waals surface area contributed by atoms with E-state index in [0.29, 0.717) is 0 Å². The van der Waals surface area contributed by atoms with E-state index in [-0.39, 0.29) is 29.5 Å². The van der Waals surface area contributed by atoms with Gasteiger partial charge in [-0.25, -0.2) is 0 Å². The quantitative estimate of drug-likeness (QED) is 0.755. The van der Waals surface area contributed by atoms with Gasteiger partial charge in [-0.05, 0) is 61.5 Å². The van der Waals surface area contributed by atoms with Crippen LogP contribution in [0.25, 0.3) is 0 Å². The van der Waals surface area contributed by atoms with Crippen LogP contribution >= 0.6 is 11.3 Å². The number of hydrogen-bond acceptors (Lipinski definition) is 6. The van der Waals surface area contributed by atoms with Crippen LogP contribution in [0.3, 0.4) is 0 Å². The van der Waals surface area contributed by atoms with Crippen molar-refractivity contribution >= 4 is 40.8 Å². The molecule has 0 saturated carbocycles. The van der Waals surface area contributed by atoms with Gasteiger partial charge in [-0.15, -0.1) is 0 Å². The topological polar surface area (TPSA) is 40.2 Å². The Morgan fingerprint density at radius 3 is 1.50 bits per heavy atom. The molecule has 144 valence electrons.